The van der Waals surface area contributed by atoms with Crippen molar-refractivity contribution in [2.45, 2.75) is 39.8 Å². The Morgan fingerprint density at radius 1 is 1.25 bits per heavy atom. The molecule has 0 bridgehead atoms. The van der Waals surface area contributed by atoms with Gasteiger partial charge in [-0.1, -0.05) is 0 Å². The van der Waals surface area contributed by atoms with Gasteiger partial charge in [0, 0.05) is 0 Å². The summed E-state index contributed by atoms with van der Waals surface area (Å²) >= 11 is 9.76. The van der Waals surface area contributed by atoms with Gasteiger partial charge in [0.15, 0.2) is 0 Å². The van der Waals surface area contributed by atoms with Gasteiger partial charge in [-0.15, -0.1) is 0 Å². The molecule has 0 amide bonds. The SMILES string of the molecule is CCN(CC)P(Cl)(=[Se])C(C)(C)C. The topological polar surface area (TPSA) is 3.24 Å². The van der Waals surface area contributed by atoms with Crippen molar-refractivity contribution in [1.29, 1.82) is 0 Å². The van der Waals surface area contributed by atoms with Crippen LogP contribution in [0.1, 0.15) is 34.6 Å². The van der Waals surface area contributed by atoms with Gasteiger partial charge in [-0.25, -0.2) is 0 Å². The van der Waals surface area contributed by atoms with Crippen LogP contribution in [0.5, 0.6) is 0 Å². The maximum atomic E-state index is 6.56. The number of nitrogens with zero attached hydrogens (tertiary/aromatic N) is 1. The Hall–Kier alpha value is 1.20. The second-order valence-corrected chi connectivity index (χ2v) is 12.9. The first-order chi connectivity index (χ1) is 5.27. The molecule has 0 aromatic rings. The fourth-order valence-electron chi connectivity index (χ4n) is 1.01. The Balaban J connectivity index is 4.71. The number of halogens is 1. The summed E-state index contributed by atoms with van der Waals surface area (Å²) in [5.41, 5.74) is 0. The van der Waals surface area contributed by atoms with E-state index in [2.05, 4.69) is 54.4 Å². The molecule has 0 aromatic carbocycles. The quantitative estimate of drug-likeness (QED) is 0.564. The first kappa shape index (κ1) is 13.2. The standard InChI is InChI=1S/C8H19ClNPSe/c1-6-10(7-2)11(9,12)8(3,4)5/h6-7H2,1-5H3. The molecule has 0 saturated carbocycles. The van der Waals surface area contributed by atoms with Gasteiger partial charge in [-0.05, 0) is 0 Å². The molecule has 74 valence electrons. The average Bonchev–Trinajstić information content (AvgIpc) is 1.87. The summed E-state index contributed by atoms with van der Waals surface area (Å²) in [5, 5.41) is -1.39. The third-order valence-electron chi connectivity index (χ3n) is 1.92. The first-order valence-corrected chi connectivity index (χ1v) is 9.18. The fraction of sp³-hybridized carbons (Fsp3) is 1.00. The van der Waals surface area contributed by atoms with Crippen LogP contribution in [0, 0.1) is 0 Å². The van der Waals surface area contributed by atoms with Crippen LogP contribution in [0.25, 0.3) is 0 Å². The van der Waals surface area contributed by atoms with Crippen LogP contribution >= 0.6 is 16.3 Å². The summed E-state index contributed by atoms with van der Waals surface area (Å²) in [7, 11) is 0. The molecule has 0 radical (unpaired) electrons. The minimum absolute atomic E-state index is 0.167. The van der Waals surface area contributed by atoms with E-state index >= 15 is 0 Å². The van der Waals surface area contributed by atoms with Crippen LogP contribution in [0.2, 0.25) is 0 Å². The van der Waals surface area contributed by atoms with Crippen molar-refractivity contribution in [3.8, 4) is 0 Å². The molecule has 0 rings (SSSR count). The molecule has 0 heterocycles. The minimum atomic E-state index is -1.56. The van der Waals surface area contributed by atoms with E-state index in [0.29, 0.717) is 0 Å². The fourth-order valence-corrected chi connectivity index (χ4v) is 4.68. The molecular formula is C8H19ClNPSe. The van der Waals surface area contributed by atoms with Gasteiger partial charge in [-0.2, -0.15) is 0 Å². The molecule has 0 saturated heterocycles. The van der Waals surface area contributed by atoms with E-state index in [4.69, 9.17) is 11.2 Å². The predicted molar refractivity (Wildman–Crippen MR) is 61.2 cm³/mol. The third kappa shape index (κ3) is 2.86. The van der Waals surface area contributed by atoms with Crippen molar-refractivity contribution < 1.29 is 0 Å². The number of hydrogen-bond donors (Lipinski definition) is 0. The van der Waals surface area contributed by atoms with E-state index in [1.807, 2.05) is 0 Å². The molecule has 0 fully saturated rings. The van der Waals surface area contributed by atoms with Crippen LogP contribution in [-0.2, 0) is 0 Å². The molecule has 1 atom stereocenters. The Labute approximate surface area is 88.9 Å². The first-order valence-electron chi connectivity index (χ1n) is 4.32. The zero-order valence-electron chi connectivity index (χ0n) is 8.59. The van der Waals surface area contributed by atoms with E-state index in [0.717, 1.165) is 13.1 Å². The van der Waals surface area contributed by atoms with E-state index in [1.54, 1.807) is 0 Å². The third-order valence-corrected chi connectivity index (χ3v) is 11.9. The molecule has 0 aliphatic heterocycles. The van der Waals surface area contributed by atoms with Gasteiger partial charge in [-0.3, -0.25) is 0 Å². The van der Waals surface area contributed by atoms with Crippen molar-refractivity contribution in [2.75, 3.05) is 13.1 Å². The van der Waals surface area contributed by atoms with Crippen molar-refractivity contribution in [2.24, 2.45) is 0 Å². The molecular weight excluding hydrogens is 255 g/mol. The Morgan fingerprint density at radius 3 is 1.67 bits per heavy atom. The van der Waals surface area contributed by atoms with Gasteiger partial charge in [0.05, 0.1) is 0 Å². The molecule has 12 heavy (non-hydrogen) atoms. The van der Waals surface area contributed by atoms with Crippen molar-refractivity contribution in [3.63, 3.8) is 0 Å². The van der Waals surface area contributed by atoms with E-state index in [1.165, 1.54) is 0 Å². The number of hydrogen-bond acceptors (Lipinski definition) is 1. The van der Waals surface area contributed by atoms with Gasteiger partial charge < -0.3 is 0 Å². The Kier molecular flexibility index (Phi) is 5.08. The monoisotopic (exact) mass is 275 g/mol. The summed E-state index contributed by atoms with van der Waals surface area (Å²) in [6.45, 7) is 13.0. The van der Waals surface area contributed by atoms with Crippen LogP contribution < -0.4 is 0 Å². The van der Waals surface area contributed by atoms with Crippen LogP contribution in [0.4, 0.5) is 0 Å². The van der Waals surface area contributed by atoms with Crippen LogP contribution in [-0.4, -0.2) is 38.0 Å². The molecule has 0 N–H and O–H groups in total. The maximum absolute atomic E-state index is 6.56. The van der Waals surface area contributed by atoms with Gasteiger partial charge >= 0.3 is 88.9 Å². The summed E-state index contributed by atoms with van der Waals surface area (Å²) in [6.07, 6.45) is 0. The zero-order valence-corrected chi connectivity index (χ0v) is 12.0. The van der Waals surface area contributed by atoms with E-state index in [9.17, 15) is 0 Å². The summed E-state index contributed by atoms with van der Waals surface area (Å²) in [4.78, 5) is 0. The van der Waals surface area contributed by atoms with Crippen LogP contribution in [0.3, 0.4) is 0 Å². The molecule has 0 spiro atoms. The molecule has 0 aliphatic rings. The zero-order chi connectivity index (χ0) is 9.99. The van der Waals surface area contributed by atoms with Crippen LogP contribution in [0.15, 0.2) is 0 Å². The van der Waals surface area contributed by atoms with Crippen molar-refractivity contribution >= 4 is 31.4 Å². The van der Waals surface area contributed by atoms with Gasteiger partial charge in [0.1, 0.15) is 0 Å². The molecule has 4 heteroatoms. The second kappa shape index (κ2) is 4.62. The van der Waals surface area contributed by atoms with E-state index in [-0.39, 0.29) is 5.16 Å². The van der Waals surface area contributed by atoms with Gasteiger partial charge in [0.2, 0.25) is 0 Å². The second-order valence-electron chi connectivity index (χ2n) is 3.81. The van der Waals surface area contributed by atoms with E-state index < -0.39 is 5.01 Å². The normalized spacial score (nSPS) is 17.9. The molecule has 0 aliphatic carbocycles. The molecule has 1 unspecified atom stereocenters. The predicted octanol–water partition coefficient (Wildman–Crippen LogP) is 3.30. The summed E-state index contributed by atoms with van der Waals surface area (Å²) < 4.78 is 2.34. The molecule has 1 nitrogen and oxygen atoms in total. The Morgan fingerprint density at radius 2 is 1.58 bits per heavy atom. The van der Waals surface area contributed by atoms with Gasteiger partial charge in [0.25, 0.3) is 0 Å². The summed E-state index contributed by atoms with van der Waals surface area (Å²) in [5.74, 6) is 0. The molecule has 0 aromatic heterocycles. The van der Waals surface area contributed by atoms with Crippen molar-refractivity contribution in [1.82, 2.24) is 4.67 Å². The Bertz CT molecular complexity index is 184. The number of rotatable bonds is 3. The van der Waals surface area contributed by atoms with Crippen molar-refractivity contribution in [3.05, 3.63) is 0 Å². The summed E-state index contributed by atoms with van der Waals surface area (Å²) in [6, 6.07) is 0. The average molecular weight is 275 g/mol.